The normalized spacial score (nSPS) is 34.2. The molecule has 2 rings (SSSR count). The maximum Gasteiger partial charge on any atom is 0.303 e. The first-order valence-corrected chi connectivity index (χ1v) is 6.32. The number of fused-ring (bicyclic) bond motifs is 2. The zero-order chi connectivity index (χ0) is 11.5. The molecule has 0 aromatic carbocycles. The van der Waals surface area contributed by atoms with Crippen molar-refractivity contribution in [3.8, 4) is 0 Å². The summed E-state index contributed by atoms with van der Waals surface area (Å²) in [4.78, 5) is 12.9. The predicted octanol–water partition coefficient (Wildman–Crippen LogP) is 1.23. The number of carbonyl (C=O) groups is 1. The third-order valence-corrected chi connectivity index (χ3v) is 3.92. The fraction of sp³-hybridized carbons (Fsp3) is 0.917. The molecule has 2 N–H and O–H groups in total. The van der Waals surface area contributed by atoms with Crippen molar-refractivity contribution in [1.29, 1.82) is 0 Å². The standard InChI is InChI=1S/C12H21NO3/c14-11-7-9-4-5-10(8-11)13(9)6-2-1-3-12(15)16/h9-11,14H,1-8H2,(H,15,16). The Labute approximate surface area is 96.3 Å². The number of carboxylic acids is 1. The van der Waals surface area contributed by atoms with Gasteiger partial charge in [-0.1, -0.05) is 0 Å². The molecule has 2 fully saturated rings. The van der Waals surface area contributed by atoms with Gasteiger partial charge in [0.15, 0.2) is 0 Å². The van der Waals surface area contributed by atoms with Gasteiger partial charge in [0.25, 0.3) is 0 Å². The summed E-state index contributed by atoms with van der Waals surface area (Å²) in [5.74, 6) is -0.697. The van der Waals surface area contributed by atoms with E-state index in [9.17, 15) is 9.90 Å². The van der Waals surface area contributed by atoms with Crippen LogP contribution in [0.4, 0.5) is 0 Å². The van der Waals surface area contributed by atoms with E-state index in [-0.39, 0.29) is 12.5 Å². The lowest BCUT2D eigenvalue weighted by atomic mass is 9.99. The van der Waals surface area contributed by atoms with Gasteiger partial charge in [-0.05, 0) is 45.1 Å². The molecule has 0 aromatic rings. The van der Waals surface area contributed by atoms with E-state index in [2.05, 4.69) is 4.90 Å². The zero-order valence-corrected chi connectivity index (χ0v) is 9.64. The van der Waals surface area contributed by atoms with Crippen LogP contribution in [0.3, 0.4) is 0 Å². The lowest BCUT2D eigenvalue weighted by Gasteiger charge is -2.37. The molecule has 2 bridgehead atoms. The summed E-state index contributed by atoms with van der Waals surface area (Å²) in [6.07, 6.45) is 6.16. The number of unbranched alkanes of at least 4 members (excludes halogenated alkanes) is 1. The number of hydrogen-bond donors (Lipinski definition) is 2. The lowest BCUT2D eigenvalue weighted by Crippen LogP contribution is -2.45. The van der Waals surface area contributed by atoms with Crippen molar-refractivity contribution in [2.24, 2.45) is 0 Å². The minimum Gasteiger partial charge on any atom is -0.481 e. The van der Waals surface area contributed by atoms with Crippen LogP contribution in [0.5, 0.6) is 0 Å². The molecule has 0 aromatic heterocycles. The highest BCUT2D eigenvalue weighted by molar-refractivity contribution is 5.66. The number of carboxylic acid groups (broad SMARTS) is 1. The van der Waals surface area contributed by atoms with Crippen LogP contribution >= 0.6 is 0 Å². The van der Waals surface area contributed by atoms with Gasteiger partial charge in [-0.25, -0.2) is 0 Å². The molecule has 4 heteroatoms. The van der Waals surface area contributed by atoms with Gasteiger partial charge < -0.3 is 10.2 Å². The lowest BCUT2D eigenvalue weighted by molar-refractivity contribution is -0.137. The van der Waals surface area contributed by atoms with Crippen LogP contribution in [-0.2, 0) is 4.79 Å². The molecule has 2 aliphatic heterocycles. The van der Waals surface area contributed by atoms with E-state index in [1.165, 1.54) is 12.8 Å². The first-order valence-electron chi connectivity index (χ1n) is 6.32. The summed E-state index contributed by atoms with van der Waals surface area (Å²) in [7, 11) is 0. The fourth-order valence-electron chi connectivity index (χ4n) is 3.18. The van der Waals surface area contributed by atoms with Gasteiger partial charge in [0, 0.05) is 18.5 Å². The van der Waals surface area contributed by atoms with Crippen molar-refractivity contribution >= 4 is 5.97 Å². The van der Waals surface area contributed by atoms with Crippen LogP contribution in [0.1, 0.15) is 44.9 Å². The van der Waals surface area contributed by atoms with E-state index >= 15 is 0 Å². The zero-order valence-electron chi connectivity index (χ0n) is 9.64. The number of aliphatic carboxylic acids is 1. The first-order chi connectivity index (χ1) is 7.66. The van der Waals surface area contributed by atoms with Gasteiger partial charge >= 0.3 is 5.97 Å². The number of nitrogens with zero attached hydrogens (tertiary/aromatic N) is 1. The summed E-state index contributed by atoms with van der Waals surface area (Å²) in [6.45, 7) is 1.01. The molecule has 0 spiro atoms. The molecular weight excluding hydrogens is 206 g/mol. The summed E-state index contributed by atoms with van der Waals surface area (Å²) in [6, 6.07) is 1.11. The first kappa shape index (κ1) is 11.9. The van der Waals surface area contributed by atoms with E-state index in [4.69, 9.17) is 5.11 Å². The number of piperidine rings is 1. The third kappa shape index (κ3) is 2.74. The molecule has 2 unspecified atom stereocenters. The van der Waals surface area contributed by atoms with Gasteiger partial charge in [0.1, 0.15) is 0 Å². The van der Waals surface area contributed by atoms with Crippen molar-refractivity contribution in [2.75, 3.05) is 6.54 Å². The Morgan fingerprint density at radius 2 is 1.81 bits per heavy atom. The predicted molar refractivity (Wildman–Crippen MR) is 60.2 cm³/mol. The van der Waals surface area contributed by atoms with Crippen molar-refractivity contribution in [1.82, 2.24) is 4.90 Å². The molecule has 2 aliphatic rings. The third-order valence-electron chi connectivity index (χ3n) is 3.92. The molecule has 2 atom stereocenters. The molecule has 2 heterocycles. The van der Waals surface area contributed by atoms with Crippen molar-refractivity contribution < 1.29 is 15.0 Å². The highest BCUT2D eigenvalue weighted by Gasteiger charge is 2.39. The smallest absolute Gasteiger partial charge is 0.303 e. The molecule has 0 radical (unpaired) electrons. The second kappa shape index (κ2) is 5.15. The van der Waals surface area contributed by atoms with Crippen LogP contribution in [0.25, 0.3) is 0 Å². The second-order valence-corrected chi connectivity index (χ2v) is 5.10. The number of aliphatic hydroxyl groups excluding tert-OH is 1. The Balaban J connectivity index is 1.72. The van der Waals surface area contributed by atoms with Gasteiger partial charge in [0.2, 0.25) is 0 Å². The van der Waals surface area contributed by atoms with E-state index in [1.54, 1.807) is 0 Å². The molecule has 2 saturated heterocycles. The quantitative estimate of drug-likeness (QED) is 0.693. The van der Waals surface area contributed by atoms with Crippen LogP contribution in [0.15, 0.2) is 0 Å². The maximum atomic E-state index is 10.4. The Kier molecular flexibility index (Phi) is 3.82. The SMILES string of the molecule is O=C(O)CCCCN1C2CCC1CC(O)C2. The monoisotopic (exact) mass is 227 g/mol. The van der Waals surface area contributed by atoms with Gasteiger partial charge in [-0.3, -0.25) is 9.69 Å². The van der Waals surface area contributed by atoms with Gasteiger partial charge in [0.05, 0.1) is 6.10 Å². The fourth-order valence-corrected chi connectivity index (χ4v) is 3.18. The Morgan fingerprint density at radius 1 is 1.19 bits per heavy atom. The summed E-state index contributed by atoms with van der Waals surface area (Å²) in [5.41, 5.74) is 0. The van der Waals surface area contributed by atoms with Crippen molar-refractivity contribution in [2.45, 2.75) is 63.1 Å². The van der Waals surface area contributed by atoms with Crippen LogP contribution in [0, 0.1) is 0 Å². The van der Waals surface area contributed by atoms with Crippen LogP contribution < -0.4 is 0 Å². The van der Waals surface area contributed by atoms with Crippen LogP contribution in [0.2, 0.25) is 0 Å². The number of hydrogen-bond acceptors (Lipinski definition) is 3. The summed E-state index contributed by atoms with van der Waals surface area (Å²) < 4.78 is 0. The van der Waals surface area contributed by atoms with E-state index in [0.29, 0.717) is 12.1 Å². The minimum absolute atomic E-state index is 0.104. The Hall–Kier alpha value is -0.610. The highest BCUT2D eigenvalue weighted by Crippen LogP contribution is 2.35. The van der Waals surface area contributed by atoms with Gasteiger partial charge in [-0.2, -0.15) is 0 Å². The van der Waals surface area contributed by atoms with Crippen molar-refractivity contribution in [3.63, 3.8) is 0 Å². The van der Waals surface area contributed by atoms with E-state index in [0.717, 1.165) is 32.2 Å². The Bertz CT molecular complexity index is 243. The number of rotatable bonds is 5. The summed E-state index contributed by atoms with van der Waals surface area (Å²) >= 11 is 0. The topological polar surface area (TPSA) is 60.8 Å². The molecule has 0 aliphatic carbocycles. The largest absolute Gasteiger partial charge is 0.481 e. The minimum atomic E-state index is -0.697. The second-order valence-electron chi connectivity index (χ2n) is 5.10. The van der Waals surface area contributed by atoms with Crippen molar-refractivity contribution in [3.05, 3.63) is 0 Å². The van der Waals surface area contributed by atoms with E-state index in [1.807, 2.05) is 0 Å². The molecule has 0 amide bonds. The average Bonchev–Trinajstić information content (AvgIpc) is 2.45. The molecular formula is C12H21NO3. The molecule has 0 saturated carbocycles. The Morgan fingerprint density at radius 3 is 2.38 bits per heavy atom. The maximum absolute atomic E-state index is 10.4. The number of aliphatic hydroxyl groups is 1. The molecule has 16 heavy (non-hydrogen) atoms. The highest BCUT2D eigenvalue weighted by atomic mass is 16.4. The average molecular weight is 227 g/mol. The molecule has 4 nitrogen and oxygen atoms in total. The van der Waals surface area contributed by atoms with Crippen LogP contribution in [-0.4, -0.2) is 45.8 Å². The molecule has 92 valence electrons. The van der Waals surface area contributed by atoms with E-state index < -0.39 is 5.97 Å². The van der Waals surface area contributed by atoms with Gasteiger partial charge in [-0.15, -0.1) is 0 Å². The summed E-state index contributed by atoms with van der Waals surface area (Å²) in [5, 5.41) is 18.2.